The number of hydrogen-bond donors (Lipinski definition) is 0. The lowest BCUT2D eigenvalue weighted by Crippen LogP contribution is -2.13. The van der Waals surface area contributed by atoms with Gasteiger partial charge in [0, 0.05) is 6.42 Å². The lowest BCUT2D eigenvalue weighted by molar-refractivity contribution is -0.386. The molecule has 0 unspecified atom stereocenters. The number of benzene rings is 1. The topological polar surface area (TPSA) is 96.5 Å². The highest BCUT2D eigenvalue weighted by atomic mass is 35.5. The Kier molecular flexibility index (Phi) is 6.46. The molecular weight excluding hydrogens is 397 g/mol. The summed E-state index contributed by atoms with van der Waals surface area (Å²) in [7, 11) is 0. The number of nitrogens with zero attached hydrogens (tertiary/aromatic N) is 3. The van der Waals surface area contributed by atoms with Gasteiger partial charge in [-0.2, -0.15) is 9.78 Å². The van der Waals surface area contributed by atoms with Crippen LogP contribution in [-0.2, 0) is 9.53 Å². The van der Waals surface area contributed by atoms with Crippen molar-refractivity contribution < 1.29 is 19.2 Å². The zero-order valence-corrected chi connectivity index (χ0v) is 15.1. The van der Waals surface area contributed by atoms with E-state index in [-0.39, 0.29) is 52.0 Å². The van der Waals surface area contributed by atoms with E-state index in [9.17, 15) is 14.9 Å². The van der Waals surface area contributed by atoms with Gasteiger partial charge in [0.25, 0.3) is 5.88 Å². The monoisotopic (exact) mass is 407 g/mol. The summed E-state index contributed by atoms with van der Waals surface area (Å²) in [5, 5.41) is 15.5. The van der Waals surface area contributed by atoms with Gasteiger partial charge in [-0.25, -0.2) is 0 Å². The van der Waals surface area contributed by atoms with Gasteiger partial charge in [-0.3, -0.25) is 14.9 Å². The van der Waals surface area contributed by atoms with Crippen molar-refractivity contribution in [1.29, 1.82) is 0 Å². The van der Waals surface area contributed by atoms with Crippen molar-refractivity contribution in [2.24, 2.45) is 0 Å². The quantitative estimate of drug-likeness (QED) is 0.225. The molecule has 0 spiro atoms. The predicted octanol–water partition coefficient (Wildman–Crippen LogP) is 4.07. The van der Waals surface area contributed by atoms with E-state index in [4.69, 9.17) is 44.3 Å². The first kappa shape index (κ1) is 19.3. The van der Waals surface area contributed by atoms with E-state index in [1.165, 1.54) is 12.1 Å². The molecule has 0 aliphatic heterocycles. The molecule has 0 saturated heterocycles. The number of hydrogen-bond acceptors (Lipinski definition) is 6. The summed E-state index contributed by atoms with van der Waals surface area (Å²) >= 11 is 18.0. The van der Waals surface area contributed by atoms with E-state index in [0.717, 1.165) is 10.9 Å². The van der Waals surface area contributed by atoms with Gasteiger partial charge >= 0.3 is 11.7 Å². The fourth-order valence-corrected chi connectivity index (χ4v) is 2.45. The SMILES string of the molecule is CCC(=O)OCCOc1c([N+](=O)[O-])cnn1-c1ccc(Cl)c(Cl)c1Cl. The molecule has 0 aliphatic carbocycles. The Labute approximate surface area is 157 Å². The fraction of sp³-hybridized carbons (Fsp3) is 0.286. The molecule has 1 aromatic carbocycles. The van der Waals surface area contributed by atoms with Crippen LogP contribution >= 0.6 is 34.8 Å². The van der Waals surface area contributed by atoms with E-state index >= 15 is 0 Å². The van der Waals surface area contributed by atoms with Crippen molar-refractivity contribution in [3.63, 3.8) is 0 Å². The maximum atomic E-state index is 11.2. The summed E-state index contributed by atoms with van der Waals surface area (Å²) in [5.41, 5.74) is -0.117. The number of ether oxygens (including phenoxy) is 2. The maximum Gasteiger partial charge on any atom is 0.350 e. The highest BCUT2D eigenvalue weighted by molar-refractivity contribution is 6.48. The maximum absolute atomic E-state index is 11.2. The Morgan fingerprint density at radius 2 is 2.00 bits per heavy atom. The number of nitro groups is 1. The molecule has 25 heavy (non-hydrogen) atoms. The molecule has 0 N–H and O–H groups in total. The Bertz CT molecular complexity index is 809. The largest absolute Gasteiger partial charge is 0.469 e. The van der Waals surface area contributed by atoms with Crippen LogP contribution in [0.2, 0.25) is 15.1 Å². The smallest absolute Gasteiger partial charge is 0.350 e. The van der Waals surface area contributed by atoms with E-state index in [2.05, 4.69) is 5.10 Å². The molecule has 0 radical (unpaired) electrons. The number of aromatic nitrogens is 2. The molecule has 0 bridgehead atoms. The van der Waals surface area contributed by atoms with Gasteiger partial charge in [0.1, 0.15) is 19.4 Å². The molecule has 0 atom stereocenters. The summed E-state index contributed by atoms with van der Waals surface area (Å²) in [6.45, 7) is 1.48. The van der Waals surface area contributed by atoms with Gasteiger partial charge < -0.3 is 9.47 Å². The molecule has 2 aromatic rings. The minimum atomic E-state index is -0.650. The van der Waals surface area contributed by atoms with Gasteiger partial charge in [0.05, 0.1) is 25.7 Å². The van der Waals surface area contributed by atoms with Crippen molar-refractivity contribution in [2.75, 3.05) is 13.2 Å². The van der Waals surface area contributed by atoms with Crippen LogP contribution in [0.25, 0.3) is 5.69 Å². The van der Waals surface area contributed by atoms with Crippen molar-refractivity contribution in [3.8, 4) is 11.6 Å². The lowest BCUT2D eigenvalue weighted by Gasteiger charge is -2.11. The van der Waals surface area contributed by atoms with Crippen LogP contribution in [0.15, 0.2) is 18.3 Å². The van der Waals surface area contributed by atoms with Gasteiger partial charge in [-0.1, -0.05) is 41.7 Å². The van der Waals surface area contributed by atoms with Gasteiger partial charge in [0.2, 0.25) is 0 Å². The first-order valence-electron chi connectivity index (χ1n) is 7.01. The number of carbonyl (C=O) groups excluding carboxylic acids is 1. The number of rotatable bonds is 7. The summed E-state index contributed by atoms with van der Waals surface area (Å²) in [6, 6.07) is 2.97. The Morgan fingerprint density at radius 3 is 2.64 bits per heavy atom. The van der Waals surface area contributed by atoms with E-state index in [1.807, 2.05) is 0 Å². The van der Waals surface area contributed by atoms with Crippen molar-refractivity contribution in [3.05, 3.63) is 43.5 Å². The average Bonchev–Trinajstić information content (AvgIpc) is 3.00. The molecular formula is C14H12Cl3N3O5. The number of carbonyl (C=O) groups is 1. The third kappa shape index (κ3) is 4.33. The zero-order chi connectivity index (χ0) is 18.6. The summed E-state index contributed by atoms with van der Waals surface area (Å²) in [6.07, 6.45) is 1.24. The van der Waals surface area contributed by atoms with E-state index in [1.54, 1.807) is 6.92 Å². The van der Waals surface area contributed by atoms with Crippen molar-refractivity contribution >= 4 is 46.5 Å². The molecule has 11 heteroatoms. The summed E-state index contributed by atoms with van der Waals surface area (Å²) < 4.78 is 11.4. The van der Waals surface area contributed by atoms with Crippen molar-refractivity contribution in [2.45, 2.75) is 13.3 Å². The van der Waals surface area contributed by atoms with Gasteiger partial charge in [0.15, 0.2) is 0 Å². The second-order valence-electron chi connectivity index (χ2n) is 4.62. The normalized spacial score (nSPS) is 10.6. The molecule has 0 fully saturated rings. The molecule has 0 saturated carbocycles. The molecule has 134 valence electrons. The molecule has 1 heterocycles. The molecule has 1 aromatic heterocycles. The standard InChI is InChI=1S/C14H12Cl3N3O5/c1-2-11(21)24-5-6-25-14-10(20(22)23)7-18-19(14)9-4-3-8(15)12(16)13(9)17/h3-4,7H,2,5-6H2,1H3. The Morgan fingerprint density at radius 1 is 1.28 bits per heavy atom. The second kappa shape index (κ2) is 8.37. The average molecular weight is 409 g/mol. The fourth-order valence-electron chi connectivity index (χ4n) is 1.84. The lowest BCUT2D eigenvalue weighted by atomic mass is 10.3. The molecule has 8 nitrogen and oxygen atoms in total. The summed E-state index contributed by atoms with van der Waals surface area (Å²) in [5.74, 6) is -0.572. The van der Waals surface area contributed by atoms with Gasteiger partial charge in [-0.05, 0) is 12.1 Å². The Hall–Kier alpha value is -2.03. The predicted molar refractivity (Wildman–Crippen MR) is 92.0 cm³/mol. The third-order valence-electron chi connectivity index (χ3n) is 3.02. The molecule has 0 aliphatic rings. The van der Waals surface area contributed by atoms with Crippen LogP contribution < -0.4 is 4.74 Å². The number of esters is 1. The van der Waals surface area contributed by atoms with Gasteiger partial charge in [-0.15, -0.1) is 0 Å². The first-order valence-corrected chi connectivity index (χ1v) is 8.14. The highest BCUT2D eigenvalue weighted by Gasteiger charge is 2.25. The summed E-state index contributed by atoms with van der Waals surface area (Å²) in [4.78, 5) is 21.6. The minimum absolute atomic E-state index is 0.0643. The van der Waals surface area contributed by atoms with Crippen LogP contribution in [0.1, 0.15) is 13.3 Å². The molecule has 0 amide bonds. The number of halogens is 3. The zero-order valence-electron chi connectivity index (χ0n) is 12.9. The van der Waals surface area contributed by atoms with Crippen LogP contribution in [0, 0.1) is 10.1 Å². The van der Waals surface area contributed by atoms with Crippen LogP contribution in [-0.4, -0.2) is 33.9 Å². The van der Waals surface area contributed by atoms with E-state index in [0.29, 0.717) is 0 Å². The molecule has 2 rings (SSSR count). The van der Waals surface area contributed by atoms with Crippen LogP contribution in [0.4, 0.5) is 5.69 Å². The van der Waals surface area contributed by atoms with Crippen molar-refractivity contribution in [1.82, 2.24) is 9.78 Å². The first-order chi connectivity index (χ1) is 11.9. The second-order valence-corrected chi connectivity index (χ2v) is 5.78. The van der Waals surface area contributed by atoms with Crippen LogP contribution in [0.3, 0.4) is 0 Å². The van der Waals surface area contributed by atoms with Crippen LogP contribution in [0.5, 0.6) is 5.88 Å². The van der Waals surface area contributed by atoms with E-state index < -0.39 is 10.9 Å². The Balaban J connectivity index is 2.32. The third-order valence-corrected chi connectivity index (χ3v) is 4.30. The highest BCUT2D eigenvalue weighted by Crippen LogP contribution is 2.38. The minimum Gasteiger partial charge on any atom is -0.469 e.